The van der Waals surface area contributed by atoms with E-state index in [1.807, 2.05) is 4.90 Å². The molecule has 0 bridgehead atoms. The zero-order chi connectivity index (χ0) is 23.4. The van der Waals surface area contributed by atoms with Gasteiger partial charge in [-0.15, -0.1) is 0 Å². The summed E-state index contributed by atoms with van der Waals surface area (Å²) in [6.07, 6.45) is 1.97. The second kappa shape index (κ2) is 9.70. The number of aromatic nitrogens is 2. The van der Waals surface area contributed by atoms with Gasteiger partial charge in [-0.25, -0.2) is 23.1 Å². The number of morpholine rings is 1. The van der Waals surface area contributed by atoms with Gasteiger partial charge < -0.3 is 20.3 Å². The van der Waals surface area contributed by atoms with Crippen molar-refractivity contribution in [2.75, 3.05) is 41.8 Å². The molecule has 170 valence electrons. The number of carbonyl (C=O) groups excluding carboxylic acids is 1. The number of amides is 1. The van der Waals surface area contributed by atoms with Gasteiger partial charge in [0.25, 0.3) is 0 Å². The molecule has 0 radical (unpaired) electrons. The molecule has 1 aliphatic rings. The van der Waals surface area contributed by atoms with E-state index in [9.17, 15) is 18.0 Å². The highest BCUT2D eigenvalue weighted by Crippen LogP contribution is 2.29. The van der Waals surface area contributed by atoms with Crippen molar-refractivity contribution in [3.63, 3.8) is 0 Å². The fourth-order valence-corrected chi connectivity index (χ4v) is 3.35. The summed E-state index contributed by atoms with van der Waals surface area (Å²) >= 11 is 0. The predicted molar refractivity (Wildman–Crippen MR) is 119 cm³/mol. The summed E-state index contributed by atoms with van der Waals surface area (Å²) in [5.74, 6) is -2.34. The van der Waals surface area contributed by atoms with E-state index >= 15 is 0 Å². The molecular weight excluding hydrogens is 435 g/mol. The molecule has 2 aromatic carbocycles. The first kappa shape index (κ1) is 22.3. The first-order valence-corrected chi connectivity index (χ1v) is 10.1. The molecule has 10 heteroatoms. The van der Waals surface area contributed by atoms with Gasteiger partial charge in [-0.2, -0.15) is 0 Å². The highest BCUT2D eigenvalue weighted by atomic mass is 19.1. The van der Waals surface area contributed by atoms with Gasteiger partial charge in [-0.05, 0) is 42.5 Å². The van der Waals surface area contributed by atoms with Crippen LogP contribution in [0.15, 0.2) is 55.3 Å². The molecule has 7 nitrogen and oxygen atoms in total. The summed E-state index contributed by atoms with van der Waals surface area (Å²) in [5.41, 5.74) is 0.905. The van der Waals surface area contributed by atoms with Crippen LogP contribution in [-0.2, 0) is 9.53 Å². The van der Waals surface area contributed by atoms with Crippen molar-refractivity contribution in [3.05, 3.63) is 72.7 Å². The van der Waals surface area contributed by atoms with Crippen LogP contribution in [0.1, 0.15) is 0 Å². The molecule has 0 atom stereocenters. The van der Waals surface area contributed by atoms with Crippen molar-refractivity contribution in [1.82, 2.24) is 9.97 Å². The van der Waals surface area contributed by atoms with Crippen molar-refractivity contribution >= 4 is 28.9 Å². The number of halogens is 3. The second-order valence-electron chi connectivity index (χ2n) is 7.17. The smallest absolute Gasteiger partial charge is 0.247 e. The third kappa shape index (κ3) is 5.12. The Kier molecular flexibility index (Phi) is 6.55. The van der Waals surface area contributed by atoms with E-state index in [1.165, 1.54) is 24.3 Å². The molecule has 0 spiro atoms. The number of benzene rings is 2. The molecule has 4 rings (SSSR count). The van der Waals surface area contributed by atoms with Crippen molar-refractivity contribution in [2.45, 2.75) is 0 Å². The van der Waals surface area contributed by atoms with Crippen LogP contribution < -0.4 is 15.5 Å². The molecule has 1 saturated heterocycles. The Morgan fingerprint density at radius 1 is 1.06 bits per heavy atom. The highest BCUT2D eigenvalue weighted by Gasteiger charge is 2.17. The Morgan fingerprint density at radius 3 is 2.58 bits per heavy atom. The largest absolute Gasteiger partial charge is 0.378 e. The van der Waals surface area contributed by atoms with Crippen molar-refractivity contribution in [1.29, 1.82) is 0 Å². The maximum Gasteiger partial charge on any atom is 0.247 e. The summed E-state index contributed by atoms with van der Waals surface area (Å²) in [4.78, 5) is 21.5. The van der Waals surface area contributed by atoms with Gasteiger partial charge >= 0.3 is 0 Å². The standard InChI is InChI=1S/C23H20F3N5O2/c1-2-21(32)29-19-11-14(3-5-16(19)24)22-18(26)13-27-23(30-22)28-15-4-6-17(25)20(12-15)31-7-9-33-10-8-31/h2-6,11-13H,1,7-10H2,(H,29,32)(H,27,28,30). The minimum absolute atomic E-state index is 0.0620. The number of rotatable bonds is 6. The van der Waals surface area contributed by atoms with E-state index in [1.54, 1.807) is 6.07 Å². The summed E-state index contributed by atoms with van der Waals surface area (Å²) < 4.78 is 48.2. The first-order valence-electron chi connectivity index (χ1n) is 10.1. The molecule has 2 N–H and O–H groups in total. The predicted octanol–water partition coefficient (Wildman–Crippen LogP) is 4.27. The van der Waals surface area contributed by atoms with E-state index < -0.39 is 17.5 Å². The summed E-state index contributed by atoms with van der Waals surface area (Å²) in [7, 11) is 0. The quantitative estimate of drug-likeness (QED) is 0.541. The molecular formula is C23H20F3N5O2. The van der Waals surface area contributed by atoms with E-state index in [0.29, 0.717) is 37.7 Å². The second-order valence-corrected chi connectivity index (χ2v) is 7.17. The molecule has 33 heavy (non-hydrogen) atoms. The number of hydrogen-bond acceptors (Lipinski definition) is 6. The van der Waals surface area contributed by atoms with E-state index in [2.05, 4.69) is 27.2 Å². The van der Waals surface area contributed by atoms with Crippen molar-refractivity contribution < 1.29 is 22.7 Å². The van der Waals surface area contributed by atoms with Gasteiger partial charge in [0.1, 0.15) is 17.3 Å². The molecule has 2 heterocycles. The fourth-order valence-electron chi connectivity index (χ4n) is 3.35. The van der Waals surface area contributed by atoms with E-state index in [4.69, 9.17) is 4.74 Å². The average Bonchev–Trinajstić information content (AvgIpc) is 2.83. The van der Waals surface area contributed by atoms with Gasteiger partial charge in [-0.1, -0.05) is 6.58 Å². The zero-order valence-corrected chi connectivity index (χ0v) is 17.4. The summed E-state index contributed by atoms with van der Waals surface area (Å²) in [6, 6.07) is 8.16. The molecule has 1 amide bonds. The normalized spacial score (nSPS) is 13.5. The first-order chi connectivity index (χ1) is 15.9. The molecule has 0 saturated carbocycles. The van der Waals surface area contributed by atoms with E-state index in [0.717, 1.165) is 18.3 Å². The number of hydrogen-bond donors (Lipinski definition) is 2. The van der Waals surface area contributed by atoms with Gasteiger partial charge in [-0.3, -0.25) is 4.79 Å². The number of ether oxygens (including phenoxy) is 1. The minimum atomic E-state index is -0.735. The Labute approximate surface area is 187 Å². The maximum atomic E-state index is 14.5. The molecule has 3 aromatic rings. The van der Waals surface area contributed by atoms with Crippen LogP contribution in [0.4, 0.5) is 36.2 Å². The molecule has 0 unspecified atom stereocenters. The number of nitrogens with zero attached hydrogens (tertiary/aromatic N) is 3. The lowest BCUT2D eigenvalue weighted by Crippen LogP contribution is -2.36. The fraction of sp³-hybridized carbons (Fsp3) is 0.174. The average molecular weight is 455 g/mol. The maximum absolute atomic E-state index is 14.5. The van der Waals surface area contributed by atoms with Crippen LogP contribution >= 0.6 is 0 Å². The van der Waals surface area contributed by atoms with Gasteiger partial charge in [0.2, 0.25) is 11.9 Å². The monoisotopic (exact) mass is 455 g/mol. The molecule has 1 fully saturated rings. The van der Waals surface area contributed by atoms with Gasteiger partial charge in [0.05, 0.1) is 30.8 Å². The van der Waals surface area contributed by atoms with Crippen LogP contribution in [0.25, 0.3) is 11.3 Å². The van der Waals surface area contributed by atoms with Crippen LogP contribution in [0, 0.1) is 17.5 Å². The lowest BCUT2D eigenvalue weighted by molar-refractivity contribution is -0.111. The molecule has 1 aliphatic heterocycles. The zero-order valence-electron chi connectivity index (χ0n) is 17.4. The topological polar surface area (TPSA) is 79.4 Å². The van der Waals surface area contributed by atoms with Crippen LogP contribution in [0.2, 0.25) is 0 Å². The Morgan fingerprint density at radius 2 is 1.82 bits per heavy atom. The number of anilines is 4. The van der Waals surface area contributed by atoms with Crippen LogP contribution in [0.5, 0.6) is 0 Å². The SMILES string of the molecule is C=CC(=O)Nc1cc(-c2nc(Nc3ccc(F)c(N4CCOCC4)c3)ncc2F)ccc1F. The van der Waals surface area contributed by atoms with Crippen molar-refractivity contribution in [3.8, 4) is 11.3 Å². The number of nitrogens with one attached hydrogen (secondary N) is 2. The molecule has 1 aromatic heterocycles. The van der Waals surface area contributed by atoms with Crippen LogP contribution in [-0.4, -0.2) is 42.2 Å². The minimum Gasteiger partial charge on any atom is -0.378 e. The van der Waals surface area contributed by atoms with E-state index in [-0.39, 0.29) is 28.7 Å². The Hall–Kier alpha value is -3.92. The molecule has 0 aliphatic carbocycles. The summed E-state index contributed by atoms with van der Waals surface area (Å²) in [6.45, 7) is 5.46. The lowest BCUT2D eigenvalue weighted by atomic mass is 10.1. The third-order valence-electron chi connectivity index (χ3n) is 4.98. The van der Waals surface area contributed by atoms with Crippen molar-refractivity contribution in [2.24, 2.45) is 0 Å². The van der Waals surface area contributed by atoms with Gasteiger partial charge in [0, 0.05) is 24.3 Å². The highest BCUT2D eigenvalue weighted by molar-refractivity contribution is 5.99. The third-order valence-corrected chi connectivity index (χ3v) is 4.98. The lowest BCUT2D eigenvalue weighted by Gasteiger charge is -2.29. The Balaban J connectivity index is 1.61. The summed E-state index contributed by atoms with van der Waals surface area (Å²) in [5, 5.41) is 5.27. The number of carbonyl (C=O) groups is 1. The Bertz CT molecular complexity index is 1200. The van der Waals surface area contributed by atoms with Crippen LogP contribution in [0.3, 0.4) is 0 Å². The van der Waals surface area contributed by atoms with Gasteiger partial charge in [0.15, 0.2) is 5.82 Å².